The van der Waals surface area contributed by atoms with Gasteiger partial charge in [0.15, 0.2) is 11.5 Å². The van der Waals surface area contributed by atoms with Crippen molar-refractivity contribution in [1.82, 2.24) is 4.90 Å². The highest BCUT2D eigenvalue weighted by Crippen LogP contribution is 2.50. The van der Waals surface area contributed by atoms with E-state index in [4.69, 9.17) is 9.47 Å². The lowest BCUT2D eigenvalue weighted by atomic mass is 9.65. The van der Waals surface area contributed by atoms with Crippen molar-refractivity contribution >= 4 is 0 Å². The highest BCUT2D eigenvalue weighted by Gasteiger charge is 2.42. The summed E-state index contributed by atoms with van der Waals surface area (Å²) in [5.74, 6) is 1.71. The third-order valence-corrected chi connectivity index (χ3v) is 5.96. The Morgan fingerprint density at radius 2 is 1.88 bits per heavy atom. The summed E-state index contributed by atoms with van der Waals surface area (Å²) in [4.78, 5) is 2.51. The van der Waals surface area contributed by atoms with Crippen molar-refractivity contribution in [3.05, 3.63) is 71.9 Å². The van der Waals surface area contributed by atoms with Gasteiger partial charge in [-0.2, -0.15) is 0 Å². The van der Waals surface area contributed by atoms with Gasteiger partial charge in [0.1, 0.15) is 0 Å². The largest absolute Gasteiger partial charge is 0.493 e. The van der Waals surface area contributed by atoms with Crippen LogP contribution in [0, 0.1) is 0 Å². The zero-order chi connectivity index (χ0) is 18.0. The van der Waals surface area contributed by atoms with E-state index in [2.05, 4.69) is 59.6 Å². The lowest BCUT2D eigenvalue weighted by Crippen LogP contribution is -2.45. The van der Waals surface area contributed by atoms with Crippen molar-refractivity contribution in [3.8, 4) is 11.5 Å². The standard InChI is InChI=1S/C23H27NO2/c1-25-21-12-6-11-20(22(21)26-2)23-13-7-10-19(16-23)24(15-14-23)17-18-8-4-3-5-9-18/h3-6,8-9,11-12,14-15,19H,7,10,13,16-17H2,1-2H3/t19-,23+/m1/s1. The highest BCUT2D eigenvalue weighted by molar-refractivity contribution is 5.52. The normalized spacial score (nSPS) is 24.4. The lowest BCUT2D eigenvalue weighted by molar-refractivity contribution is 0.147. The Kier molecular flexibility index (Phi) is 4.62. The molecule has 1 heterocycles. The Morgan fingerprint density at radius 1 is 1.04 bits per heavy atom. The van der Waals surface area contributed by atoms with E-state index in [1.54, 1.807) is 14.2 Å². The van der Waals surface area contributed by atoms with Gasteiger partial charge in [-0.05, 0) is 37.1 Å². The quantitative estimate of drug-likeness (QED) is 0.765. The molecule has 3 nitrogen and oxygen atoms in total. The third kappa shape index (κ3) is 2.96. The van der Waals surface area contributed by atoms with Gasteiger partial charge in [-0.25, -0.2) is 0 Å². The average molecular weight is 349 g/mol. The molecule has 2 aromatic rings. The van der Waals surface area contributed by atoms with Gasteiger partial charge in [-0.3, -0.25) is 0 Å². The van der Waals surface area contributed by atoms with Gasteiger partial charge >= 0.3 is 0 Å². The summed E-state index contributed by atoms with van der Waals surface area (Å²) in [5.41, 5.74) is 2.68. The number of methoxy groups -OCH3 is 2. The average Bonchev–Trinajstić information content (AvgIpc) is 2.70. The van der Waals surface area contributed by atoms with Crippen molar-refractivity contribution < 1.29 is 9.47 Å². The molecule has 1 aliphatic heterocycles. The van der Waals surface area contributed by atoms with Crippen LogP contribution in [0.15, 0.2) is 60.8 Å². The molecule has 0 amide bonds. The first-order chi connectivity index (χ1) is 12.8. The van der Waals surface area contributed by atoms with Crippen LogP contribution >= 0.6 is 0 Å². The molecule has 2 aromatic carbocycles. The minimum Gasteiger partial charge on any atom is -0.493 e. The van der Waals surface area contributed by atoms with Crippen LogP contribution < -0.4 is 9.47 Å². The number of fused-ring (bicyclic) bond motifs is 2. The molecular formula is C23H27NO2. The summed E-state index contributed by atoms with van der Waals surface area (Å²) in [7, 11) is 3.45. The summed E-state index contributed by atoms with van der Waals surface area (Å²) < 4.78 is 11.3. The molecule has 4 rings (SSSR count). The molecule has 0 radical (unpaired) electrons. The number of para-hydroxylation sites is 1. The molecule has 2 atom stereocenters. The first kappa shape index (κ1) is 17.0. The molecule has 1 aliphatic carbocycles. The fraction of sp³-hybridized carbons (Fsp3) is 0.391. The maximum atomic E-state index is 5.76. The molecule has 0 saturated heterocycles. The maximum Gasteiger partial charge on any atom is 0.164 e. The third-order valence-electron chi connectivity index (χ3n) is 5.96. The van der Waals surface area contributed by atoms with Crippen molar-refractivity contribution in [1.29, 1.82) is 0 Å². The van der Waals surface area contributed by atoms with E-state index >= 15 is 0 Å². The number of nitrogens with zero attached hydrogens (tertiary/aromatic N) is 1. The Balaban J connectivity index is 1.67. The molecule has 1 fully saturated rings. The van der Waals surface area contributed by atoms with Crippen LogP contribution in [0.25, 0.3) is 0 Å². The molecule has 0 unspecified atom stereocenters. The van der Waals surface area contributed by atoms with Gasteiger partial charge < -0.3 is 14.4 Å². The molecule has 26 heavy (non-hydrogen) atoms. The van der Waals surface area contributed by atoms with Gasteiger partial charge in [0.05, 0.1) is 14.2 Å². The first-order valence-electron chi connectivity index (χ1n) is 9.46. The fourth-order valence-electron chi connectivity index (χ4n) is 4.66. The molecule has 2 bridgehead atoms. The van der Waals surface area contributed by atoms with Crippen molar-refractivity contribution in [3.63, 3.8) is 0 Å². The van der Waals surface area contributed by atoms with Gasteiger partial charge in [-0.1, -0.05) is 55.0 Å². The topological polar surface area (TPSA) is 21.7 Å². The molecule has 2 aliphatic rings. The zero-order valence-electron chi connectivity index (χ0n) is 15.7. The van der Waals surface area contributed by atoms with Crippen molar-refractivity contribution in [2.45, 2.75) is 43.7 Å². The number of hydrogen-bond acceptors (Lipinski definition) is 3. The Bertz CT molecular complexity index is 786. The van der Waals surface area contributed by atoms with Crippen LogP contribution in [-0.2, 0) is 12.0 Å². The van der Waals surface area contributed by atoms with Crippen LogP contribution in [-0.4, -0.2) is 25.2 Å². The van der Waals surface area contributed by atoms with Gasteiger partial charge in [-0.15, -0.1) is 0 Å². The molecule has 0 aromatic heterocycles. The minimum atomic E-state index is 0.0516. The van der Waals surface area contributed by atoms with E-state index in [1.165, 1.54) is 30.4 Å². The SMILES string of the molecule is COc1cccc([C@]23C=CN(Cc4ccccc4)[C@H](CCC2)C3)c1OC. The van der Waals surface area contributed by atoms with Gasteiger partial charge in [0.25, 0.3) is 0 Å². The second-order valence-corrected chi connectivity index (χ2v) is 7.42. The van der Waals surface area contributed by atoms with Crippen molar-refractivity contribution in [2.24, 2.45) is 0 Å². The summed E-state index contributed by atoms with van der Waals surface area (Å²) in [6.07, 6.45) is 9.52. The minimum absolute atomic E-state index is 0.0516. The van der Waals surface area contributed by atoms with Crippen molar-refractivity contribution in [2.75, 3.05) is 14.2 Å². The molecule has 136 valence electrons. The summed E-state index contributed by atoms with van der Waals surface area (Å²) in [6, 6.07) is 17.6. The van der Waals surface area contributed by atoms with Gasteiger partial charge in [0.2, 0.25) is 0 Å². The Hall–Kier alpha value is -2.42. The van der Waals surface area contributed by atoms with E-state index in [0.29, 0.717) is 6.04 Å². The second kappa shape index (κ2) is 7.06. The van der Waals surface area contributed by atoms with E-state index in [9.17, 15) is 0 Å². The zero-order valence-corrected chi connectivity index (χ0v) is 15.7. The van der Waals surface area contributed by atoms with Crippen LogP contribution in [0.4, 0.5) is 0 Å². The molecule has 0 N–H and O–H groups in total. The number of rotatable bonds is 5. The Morgan fingerprint density at radius 3 is 2.65 bits per heavy atom. The molecular weight excluding hydrogens is 322 g/mol. The lowest BCUT2D eigenvalue weighted by Gasteiger charge is -2.48. The number of ether oxygens (including phenoxy) is 2. The number of benzene rings is 2. The number of allylic oxidation sites excluding steroid dienone is 1. The fourth-order valence-corrected chi connectivity index (χ4v) is 4.66. The van der Waals surface area contributed by atoms with Crippen LogP contribution in [0.3, 0.4) is 0 Å². The first-order valence-corrected chi connectivity index (χ1v) is 9.46. The predicted octanol–water partition coefficient (Wildman–Crippen LogP) is 4.91. The second-order valence-electron chi connectivity index (χ2n) is 7.42. The summed E-state index contributed by atoms with van der Waals surface area (Å²) in [5, 5.41) is 0. The van der Waals surface area contributed by atoms with Gasteiger partial charge in [0, 0.05) is 23.6 Å². The molecule has 1 saturated carbocycles. The molecule has 3 heteroatoms. The maximum absolute atomic E-state index is 5.76. The van der Waals surface area contributed by atoms with E-state index in [-0.39, 0.29) is 5.41 Å². The van der Waals surface area contributed by atoms with E-state index in [0.717, 1.165) is 24.5 Å². The highest BCUT2D eigenvalue weighted by atomic mass is 16.5. The van der Waals surface area contributed by atoms with E-state index in [1.807, 2.05) is 6.07 Å². The van der Waals surface area contributed by atoms with E-state index < -0.39 is 0 Å². The Labute approximate surface area is 156 Å². The molecule has 0 spiro atoms. The van der Waals surface area contributed by atoms with Crippen LogP contribution in [0.1, 0.15) is 36.8 Å². The smallest absolute Gasteiger partial charge is 0.164 e. The van der Waals surface area contributed by atoms with Crippen LogP contribution in [0.2, 0.25) is 0 Å². The number of hydrogen-bond donors (Lipinski definition) is 0. The van der Waals surface area contributed by atoms with Crippen LogP contribution in [0.5, 0.6) is 11.5 Å². The predicted molar refractivity (Wildman–Crippen MR) is 105 cm³/mol. The monoisotopic (exact) mass is 349 g/mol. The summed E-state index contributed by atoms with van der Waals surface area (Å²) in [6.45, 7) is 0.979. The summed E-state index contributed by atoms with van der Waals surface area (Å²) >= 11 is 0.